The summed E-state index contributed by atoms with van der Waals surface area (Å²) in [7, 11) is 0.00506. The van der Waals surface area contributed by atoms with E-state index >= 15 is 0 Å². The Morgan fingerprint density at radius 1 is 0.833 bits per heavy atom. The Kier molecular flexibility index (Phi) is 10.6. The molecule has 0 amide bonds. The van der Waals surface area contributed by atoms with E-state index in [9.17, 15) is 4.79 Å². The minimum absolute atomic E-state index is 0.322. The summed E-state index contributed by atoms with van der Waals surface area (Å²) in [4.78, 5) is 33.0. The fourth-order valence-corrected chi connectivity index (χ4v) is 13.5. The van der Waals surface area contributed by atoms with Crippen LogP contribution in [0.4, 0.5) is 17.5 Å². The van der Waals surface area contributed by atoms with Crippen LogP contribution in [-0.4, -0.2) is 66.7 Å². The van der Waals surface area contributed by atoms with Crippen LogP contribution in [0.15, 0.2) is 103 Å². The molecule has 278 valence electrons. The molecule has 0 saturated heterocycles. The Hall–Kier alpha value is -5.01. The second-order valence-corrected chi connectivity index (χ2v) is 20.1. The van der Waals surface area contributed by atoms with E-state index in [4.69, 9.17) is 28.9 Å². The summed E-state index contributed by atoms with van der Waals surface area (Å²) in [5, 5.41) is 9.76. The van der Waals surface area contributed by atoms with Gasteiger partial charge in [0, 0.05) is 30.4 Å². The van der Waals surface area contributed by atoms with Gasteiger partial charge in [0.2, 0.25) is 5.95 Å². The summed E-state index contributed by atoms with van der Waals surface area (Å²) in [6.07, 6.45) is 1.000. The third kappa shape index (κ3) is 7.26. The third-order valence-electron chi connectivity index (χ3n) is 10.1. The molecule has 1 saturated carbocycles. The Balaban J connectivity index is 1.32. The molecule has 6 aromatic rings. The van der Waals surface area contributed by atoms with Crippen molar-refractivity contribution in [2.45, 2.75) is 64.3 Å². The molecule has 10 nitrogen and oxygen atoms in total. The number of hydrogen-bond acceptors (Lipinski definition) is 11. The van der Waals surface area contributed by atoms with Crippen LogP contribution in [0, 0.1) is 19.8 Å². The molecule has 4 atom stereocenters. The lowest BCUT2D eigenvalue weighted by atomic mass is 10.1. The molecule has 3 aromatic heterocycles. The van der Waals surface area contributed by atoms with E-state index < -0.39 is 26.4 Å². The zero-order chi connectivity index (χ0) is 38.0. The highest BCUT2D eigenvalue weighted by Gasteiger charge is 2.57. The number of rotatable bonds is 11. The first kappa shape index (κ1) is 37.3. The van der Waals surface area contributed by atoms with Crippen molar-refractivity contribution in [1.29, 1.82) is 0 Å². The number of methoxy groups -OCH3 is 2. The van der Waals surface area contributed by atoms with Crippen LogP contribution in [0.1, 0.15) is 38.6 Å². The summed E-state index contributed by atoms with van der Waals surface area (Å²) in [6.45, 7) is 10.6. The molecule has 54 heavy (non-hydrogen) atoms. The Labute approximate surface area is 321 Å². The van der Waals surface area contributed by atoms with Crippen molar-refractivity contribution in [2.24, 2.45) is 5.92 Å². The van der Waals surface area contributed by atoms with Crippen molar-refractivity contribution in [2.75, 3.05) is 24.9 Å². The van der Waals surface area contributed by atoms with Gasteiger partial charge in [-0.2, -0.15) is 4.98 Å². The highest BCUT2D eigenvalue weighted by Crippen LogP contribution is 2.43. The van der Waals surface area contributed by atoms with Gasteiger partial charge >= 0.3 is 5.97 Å². The van der Waals surface area contributed by atoms with Gasteiger partial charge in [0.05, 0.1) is 41.0 Å². The molecule has 1 fully saturated rings. The first-order valence-electron chi connectivity index (χ1n) is 18.1. The molecule has 7 rings (SSSR count). The number of hydrogen-bond donors (Lipinski definition) is 2. The fourth-order valence-electron chi connectivity index (χ4n) is 7.77. The molecule has 3 aromatic carbocycles. The molecule has 0 aliphatic heterocycles. The number of nitrogens with one attached hydrogen (secondary N) is 2. The lowest BCUT2D eigenvalue weighted by Crippen LogP contribution is -2.69. The molecule has 0 spiro atoms. The van der Waals surface area contributed by atoms with E-state index in [0.29, 0.717) is 18.2 Å². The maximum atomic E-state index is 13.8. The van der Waals surface area contributed by atoms with Crippen LogP contribution >= 0.6 is 11.3 Å². The number of aromatic nitrogens is 4. The number of nitrogens with zero attached hydrogens (tertiary/aromatic N) is 4. The predicted octanol–water partition coefficient (Wildman–Crippen LogP) is 7.44. The van der Waals surface area contributed by atoms with Crippen LogP contribution in [0.5, 0.6) is 0 Å². The lowest BCUT2D eigenvalue weighted by Gasteiger charge is -2.46. The van der Waals surface area contributed by atoms with E-state index in [1.165, 1.54) is 7.11 Å². The van der Waals surface area contributed by atoms with Gasteiger partial charge in [-0.15, -0.1) is 11.3 Å². The van der Waals surface area contributed by atoms with Gasteiger partial charge in [-0.1, -0.05) is 93.6 Å². The van der Waals surface area contributed by atoms with Gasteiger partial charge in [-0.3, -0.25) is 9.78 Å². The van der Waals surface area contributed by atoms with Gasteiger partial charge in [0.15, 0.2) is 0 Å². The number of para-hydroxylation sites is 1. The van der Waals surface area contributed by atoms with Gasteiger partial charge in [-0.05, 0) is 59.9 Å². The lowest BCUT2D eigenvalue weighted by molar-refractivity contribution is -0.149. The summed E-state index contributed by atoms with van der Waals surface area (Å²) in [5.74, 6) is 0.0103. The average Bonchev–Trinajstić information content (AvgIpc) is 3.74. The van der Waals surface area contributed by atoms with Gasteiger partial charge in [0.1, 0.15) is 16.9 Å². The van der Waals surface area contributed by atoms with Crippen LogP contribution in [0.3, 0.4) is 0 Å². The van der Waals surface area contributed by atoms with E-state index in [1.807, 2.05) is 56.3 Å². The Bertz CT molecular complexity index is 2150. The highest BCUT2D eigenvalue weighted by molar-refractivity contribution is 7.21. The topological polar surface area (TPSA) is 120 Å². The number of thiazole rings is 1. The number of aryl methyl sites for hydroxylation is 2. The van der Waals surface area contributed by atoms with Crippen molar-refractivity contribution >= 4 is 63.7 Å². The zero-order valence-corrected chi connectivity index (χ0v) is 33.5. The molecular formula is C42H46N6O4SSi. The molecular weight excluding hydrogens is 713 g/mol. The monoisotopic (exact) mass is 758 g/mol. The predicted molar refractivity (Wildman–Crippen MR) is 218 cm³/mol. The molecule has 1 aliphatic rings. The normalized spacial score (nSPS) is 18.8. The quantitative estimate of drug-likeness (QED) is 0.102. The average molecular weight is 759 g/mol. The van der Waals surface area contributed by atoms with E-state index in [1.54, 1.807) is 24.6 Å². The Morgan fingerprint density at radius 3 is 2.06 bits per heavy atom. The summed E-state index contributed by atoms with van der Waals surface area (Å²) in [6, 6.07) is 32.4. The van der Waals surface area contributed by atoms with Crippen molar-refractivity contribution in [3.63, 3.8) is 0 Å². The maximum absolute atomic E-state index is 13.8. The number of esters is 1. The first-order chi connectivity index (χ1) is 26.0. The number of benzene rings is 3. The maximum Gasteiger partial charge on any atom is 0.311 e. The number of carbonyl (C=O) groups is 1. The minimum Gasteiger partial charge on any atom is -0.469 e. The highest BCUT2D eigenvalue weighted by atomic mass is 32.1. The standard InChI is InChI=1S/C42H46N6O4SSi/c1-26-22-28(23-27(2)44-26)45-41-43-25-32(39-47-33-20-14-15-21-35(33)53-39)38(48-41)46-34-24-31(40(49)51-7)36(37(34)50-6)52-54(42(3,4)5,29-16-10-8-11-17-29)30-18-12-9-13-19-30/h8-23,25,31,34,36-37H,24H2,1-7H3,(H2,43,44,45,46,48)/t31-,34+,36+,37-/m0/s1. The van der Waals surface area contributed by atoms with Crippen LogP contribution in [0.2, 0.25) is 5.04 Å². The smallest absolute Gasteiger partial charge is 0.311 e. The largest absolute Gasteiger partial charge is 0.469 e. The van der Waals surface area contributed by atoms with Crippen molar-refractivity contribution < 1.29 is 18.7 Å². The second kappa shape index (κ2) is 15.4. The summed E-state index contributed by atoms with van der Waals surface area (Å²) in [5.41, 5.74) is 4.24. The first-order valence-corrected chi connectivity index (χ1v) is 20.8. The number of ether oxygens (including phenoxy) is 2. The van der Waals surface area contributed by atoms with Crippen LogP contribution in [-0.2, 0) is 18.7 Å². The number of fused-ring (bicyclic) bond motifs is 1. The van der Waals surface area contributed by atoms with E-state index in [0.717, 1.165) is 48.2 Å². The Morgan fingerprint density at radius 2 is 1.46 bits per heavy atom. The van der Waals surface area contributed by atoms with E-state index in [-0.39, 0.29) is 17.0 Å². The van der Waals surface area contributed by atoms with Gasteiger partial charge in [0.25, 0.3) is 8.32 Å². The van der Waals surface area contributed by atoms with Crippen LogP contribution in [0.25, 0.3) is 20.8 Å². The molecule has 0 unspecified atom stereocenters. The molecule has 12 heteroatoms. The van der Waals surface area contributed by atoms with Gasteiger partial charge in [-0.25, -0.2) is 9.97 Å². The van der Waals surface area contributed by atoms with E-state index in [2.05, 4.69) is 91.0 Å². The molecule has 1 aliphatic carbocycles. The molecule has 0 radical (unpaired) electrons. The summed E-state index contributed by atoms with van der Waals surface area (Å²) < 4.78 is 20.5. The third-order valence-corrected chi connectivity index (χ3v) is 16.2. The number of carbonyl (C=O) groups excluding carboxylic acids is 1. The zero-order valence-electron chi connectivity index (χ0n) is 31.7. The van der Waals surface area contributed by atoms with Gasteiger partial charge < -0.3 is 24.5 Å². The van der Waals surface area contributed by atoms with Crippen molar-refractivity contribution in [3.05, 3.63) is 115 Å². The second-order valence-electron chi connectivity index (χ2n) is 14.8. The fraction of sp³-hybridized carbons (Fsp3) is 0.310. The van der Waals surface area contributed by atoms with Crippen molar-refractivity contribution in [1.82, 2.24) is 19.9 Å². The number of anilines is 3. The number of pyridine rings is 1. The molecule has 3 heterocycles. The molecule has 0 bridgehead atoms. The van der Waals surface area contributed by atoms with Crippen LogP contribution < -0.4 is 21.0 Å². The van der Waals surface area contributed by atoms with Crippen molar-refractivity contribution in [3.8, 4) is 10.6 Å². The minimum atomic E-state index is -3.10. The SMILES string of the molecule is COC(=O)[C@H]1C[C@@H](Nc2nc(Nc3cc(C)nc(C)c3)ncc2-c2nc3ccccc3s2)[C@H](OC)[C@@H]1O[Si](c1ccccc1)(c1ccccc1)C(C)(C)C. The molecule has 2 N–H and O–H groups in total. The summed E-state index contributed by atoms with van der Waals surface area (Å²) >= 11 is 1.57.